The number of nitrogens with two attached hydrogens (primary N) is 1. The molecule has 194 valence electrons. The van der Waals surface area contributed by atoms with Crippen molar-refractivity contribution in [2.75, 3.05) is 29.6 Å². The molecule has 37 heavy (non-hydrogen) atoms. The van der Waals surface area contributed by atoms with Crippen molar-refractivity contribution in [2.24, 2.45) is 5.92 Å². The van der Waals surface area contributed by atoms with Gasteiger partial charge in [0, 0.05) is 5.69 Å². The van der Waals surface area contributed by atoms with E-state index in [1.165, 1.54) is 6.08 Å². The lowest BCUT2D eigenvalue weighted by Gasteiger charge is -2.25. The number of amides is 2. The van der Waals surface area contributed by atoms with Gasteiger partial charge in [0.2, 0.25) is 5.91 Å². The van der Waals surface area contributed by atoms with Gasteiger partial charge < -0.3 is 25.6 Å². The molecule has 5 N–H and O–H groups in total. The lowest BCUT2D eigenvalue weighted by atomic mass is 9.93. The molecule has 0 unspecified atom stereocenters. The van der Waals surface area contributed by atoms with E-state index in [1.807, 2.05) is 37.3 Å². The normalized spacial score (nSPS) is 12.5. The summed E-state index contributed by atoms with van der Waals surface area (Å²) in [6.07, 6.45) is 3.38. The van der Waals surface area contributed by atoms with Crippen LogP contribution in [-0.4, -0.2) is 30.3 Å². The van der Waals surface area contributed by atoms with Gasteiger partial charge in [-0.2, -0.15) is 0 Å². The number of allylic oxidation sites excluding steroid dienone is 1. The minimum atomic E-state index is -0.569. The number of hydrogen-bond donors (Lipinski definition) is 4. The molecule has 2 amide bonds. The summed E-state index contributed by atoms with van der Waals surface area (Å²) < 4.78 is 11.4. The zero-order chi connectivity index (χ0) is 26.5. The summed E-state index contributed by atoms with van der Waals surface area (Å²) in [6, 6.07) is 23.4. The Morgan fingerprint density at radius 2 is 1.76 bits per heavy atom. The Labute approximate surface area is 217 Å². The molecule has 0 aliphatic heterocycles. The van der Waals surface area contributed by atoms with Crippen molar-refractivity contribution in [2.45, 2.75) is 25.9 Å². The number of hydrogen-bond acceptors (Lipinski definition) is 6. The number of benzene rings is 3. The van der Waals surface area contributed by atoms with E-state index in [9.17, 15) is 9.59 Å². The standard InChI is InChI=1S/C29H33N3O5/c1-21(10-5-8-17-27(34)32-26-16-7-6-15-25(26)30)28(22-11-9-14-24(20-22)36-19-18-33)37-29(35)31-23-12-3-2-4-13-23/h2-4,6-9,11-17,20-21,28,33H,5,10,18-19,30H2,1H3,(H,31,35)(H,32,34)/b17-8+/t21-,28-/m0/s1. The summed E-state index contributed by atoms with van der Waals surface area (Å²) in [5, 5.41) is 14.6. The molecule has 0 radical (unpaired) electrons. The van der Waals surface area contributed by atoms with Crippen molar-refractivity contribution < 1.29 is 24.2 Å². The van der Waals surface area contributed by atoms with Crippen LogP contribution < -0.4 is 21.1 Å². The van der Waals surface area contributed by atoms with E-state index >= 15 is 0 Å². The fourth-order valence-electron chi connectivity index (χ4n) is 3.73. The van der Waals surface area contributed by atoms with Crippen LogP contribution in [0.2, 0.25) is 0 Å². The van der Waals surface area contributed by atoms with Crippen LogP contribution in [0.3, 0.4) is 0 Å². The van der Waals surface area contributed by atoms with Gasteiger partial charge in [-0.15, -0.1) is 0 Å². The Kier molecular flexibility index (Phi) is 10.6. The first-order chi connectivity index (χ1) is 18.0. The summed E-state index contributed by atoms with van der Waals surface area (Å²) in [4.78, 5) is 24.9. The molecule has 0 aliphatic carbocycles. The number of aliphatic hydroxyl groups excluding tert-OH is 1. The maximum Gasteiger partial charge on any atom is 0.412 e. The van der Waals surface area contributed by atoms with E-state index < -0.39 is 12.2 Å². The first-order valence-corrected chi connectivity index (χ1v) is 12.1. The molecule has 3 aromatic rings. The van der Waals surface area contributed by atoms with Crippen LogP contribution in [0.4, 0.5) is 21.9 Å². The first-order valence-electron chi connectivity index (χ1n) is 12.1. The number of nitrogen functional groups attached to an aromatic ring is 1. The van der Waals surface area contributed by atoms with Gasteiger partial charge >= 0.3 is 6.09 Å². The highest BCUT2D eigenvalue weighted by molar-refractivity contribution is 6.01. The second-order valence-corrected chi connectivity index (χ2v) is 8.49. The third kappa shape index (κ3) is 9.01. The SMILES string of the molecule is C[C@@H](CC/C=C/C(=O)Nc1ccccc1N)[C@H](OC(=O)Nc1ccccc1)c1cccc(OCCO)c1. The number of aliphatic hydroxyl groups is 1. The average molecular weight is 504 g/mol. The maximum atomic E-state index is 12.7. The van der Waals surface area contributed by atoms with Gasteiger partial charge in [0.1, 0.15) is 18.5 Å². The van der Waals surface area contributed by atoms with Gasteiger partial charge in [-0.05, 0) is 66.8 Å². The molecule has 0 fully saturated rings. The summed E-state index contributed by atoms with van der Waals surface area (Å²) in [6.45, 7) is 2.05. The molecule has 8 nitrogen and oxygen atoms in total. The average Bonchev–Trinajstić information content (AvgIpc) is 2.90. The van der Waals surface area contributed by atoms with Crippen LogP contribution in [-0.2, 0) is 9.53 Å². The van der Waals surface area contributed by atoms with Gasteiger partial charge in [0.05, 0.1) is 18.0 Å². The fourth-order valence-corrected chi connectivity index (χ4v) is 3.73. The molecule has 0 aliphatic rings. The topological polar surface area (TPSA) is 123 Å². The second kappa shape index (κ2) is 14.3. The maximum absolute atomic E-state index is 12.7. The molecule has 0 heterocycles. The molecule has 3 aromatic carbocycles. The van der Waals surface area contributed by atoms with E-state index in [4.69, 9.17) is 20.3 Å². The molecule has 0 saturated heterocycles. The van der Waals surface area contributed by atoms with Crippen LogP contribution >= 0.6 is 0 Å². The van der Waals surface area contributed by atoms with Crippen molar-refractivity contribution in [3.63, 3.8) is 0 Å². The van der Waals surface area contributed by atoms with Crippen molar-refractivity contribution in [3.05, 3.63) is 96.6 Å². The highest BCUT2D eigenvalue weighted by Crippen LogP contribution is 2.32. The largest absolute Gasteiger partial charge is 0.491 e. The third-order valence-electron chi connectivity index (χ3n) is 5.59. The Balaban J connectivity index is 1.65. The Morgan fingerprint density at radius 3 is 2.51 bits per heavy atom. The van der Waals surface area contributed by atoms with E-state index in [-0.39, 0.29) is 25.0 Å². The minimum absolute atomic E-state index is 0.0768. The molecule has 2 atom stereocenters. The van der Waals surface area contributed by atoms with E-state index in [0.29, 0.717) is 35.7 Å². The van der Waals surface area contributed by atoms with Crippen molar-refractivity contribution in [3.8, 4) is 5.75 Å². The minimum Gasteiger partial charge on any atom is -0.491 e. The number of anilines is 3. The molecule has 0 saturated carbocycles. The van der Waals surface area contributed by atoms with E-state index in [1.54, 1.807) is 54.6 Å². The zero-order valence-corrected chi connectivity index (χ0v) is 20.8. The molecule has 0 spiro atoms. The Hall–Kier alpha value is -4.30. The van der Waals surface area contributed by atoms with Crippen molar-refractivity contribution in [1.82, 2.24) is 0 Å². The van der Waals surface area contributed by atoms with Gasteiger partial charge in [-0.3, -0.25) is 10.1 Å². The number of carbonyl (C=O) groups excluding carboxylic acids is 2. The third-order valence-corrected chi connectivity index (χ3v) is 5.59. The van der Waals surface area contributed by atoms with Crippen LogP contribution in [0.5, 0.6) is 5.75 Å². The Bertz CT molecular complexity index is 1180. The highest BCUT2D eigenvalue weighted by atomic mass is 16.6. The van der Waals surface area contributed by atoms with Crippen molar-refractivity contribution >= 4 is 29.1 Å². The lowest BCUT2D eigenvalue weighted by molar-refractivity contribution is -0.111. The van der Waals surface area contributed by atoms with Crippen LogP contribution in [0.1, 0.15) is 31.4 Å². The smallest absolute Gasteiger partial charge is 0.412 e. The predicted octanol–water partition coefficient (Wildman–Crippen LogP) is 5.54. The molecule has 3 rings (SSSR count). The zero-order valence-electron chi connectivity index (χ0n) is 20.8. The second-order valence-electron chi connectivity index (χ2n) is 8.49. The molecule has 0 bridgehead atoms. The molecule has 8 heteroatoms. The number of rotatable bonds is 12. The fraction of sp³-hybridized carbons (Fsp3) is 0.241. The van der Waals surface area contributed by atoms with Gasteiger partial charge in [0.15, 0.2) is 0 Å². The Morgan fingerprint density at radius 1 is 1.00 bits per heavy atom. The lowest BCUT2D eigenvalue weighted by Crippen LogP contribution is -2.22. The monoisotopic (exact) mass is 503 g/mol. The quantitative estimate of drug-likeness (QED) is 0.190. The highest BCUT2D eigenvalue weighted by Gasteiger charge is 2.24. The predicted molar refractivity (Wildman–Crippen MR) is 145 cm³/mol. The molecular weight excluding hydrogens is 470 g/mol. The first kappa shape index (κ1) is 27.3. The van der Waals surface area contributed by atoms with Crippen molar-refractivity contribution in [1.29, 1.82) is 0 Å². The number of nitrogens with one attached hydrogen (secondary N) is 2. The summed E-state index contributed by atoms with van der Waals surface area (Å²) >= 11 is 0. The van der Waals surface area contributed by atoms with Gasteiger partial charge in [0.25, 0.3) is 0 Å². The van der Waals surface area contributed by atoms with Crippen LogP contribution in [0.25, 0.3) is 0 Å². The summed E-state index contributed by atoms with van der Waals surface area (Å²) in [5.74, 6) is 0.231. The van der Waals surface area contributed by atoms with E-state index in [2.05, 4.69) is 10.6 Å². The number of carbonyl (C=O) groups is 2. The summed E-state index contributed by atoms with van der Waals surface area (Å²) in [5.41, 5.74) is 8.33. The summed E-state index contributed by atoms with van der Waals surface area (Å²) in [7, 11) is 0. The van der Waals surface area contributed by atoms with E-state index in [0.717, 1.165) is 5.56 Å². The van der Waals surface area contributed by atoms with Crippen LogP contribution in [0.15, 0.2) is 91.0 Å². The van der Waals surface area contributed by atoms with Crippen LogP contribution in [0, 0.1) is 5.92 Å². The molecular formula is C29H33N3O5. The van der Waals surface area contributed by atoms with Gasteiger partial charge in [-0.1, -0.05) is 55.5 Å². The van der Waals surface area contributed by atoms with Gasteiger partial charge in [-0.25, -0.2) is 4.79 Å². The number of para-hydroxylation sites is 3. The number of ether oxygens (including phenoxy) is 2. The molecule has 0 aromatic heterocycles.